The van der Waals surface area contributed by atoms with Crippen LogP contribution < -0.4 is 9.47 Å². The van der Waals surface area contributed by atoms with Crippen molar-refractivity contribution in [1.82, 2.24) is 15.0 Å². The van der Waals surface area contributed by atoms with Crippen LogP contribution in [-0.4, -0.2) is 41.7 Å². The van der Waals surface area contributed by atoms with Crippen molar-refractivity contribution in [2.75, 3.05) is 20.8 Å². The van der Waals surface area contributed by atoms with Crippen molar-refractivity contribution >= 4 is 17.5 Å². The molecule has 0 bridgehead atoms. The average Bonchev–Trinajstić information content (AvgIpc) is 3.21. The van der Waals surface area contributed by atoms with E-state index in [4.69, 9.17) is 25.6 Å². The molecule has 0 aliphatic heterocycles. The molecule has 152 valence electrons. The van der Waals surface area contributed by atoms with E-state index in [1.54, 1.807) is 43.4 Å². The number of halogens is 1. The van der Waals surface area contributed by atoms with Crippen LogP contribution in [0.1, 0.15) is 18.4 Å². The van der Waals surface area contributed by atoms with Gasteiger partial charge in [-0.25, -0.2) is 0 Å². The molecule has 0 saturated carbocycles. The highest BCUT2D eigenvalue weighted by atomic mass is 35.5. The van der Waals surface area contributed by atoms with Crippen molar-refractivity contribution < 1.29 is 18.8 Å². The second-order valence-corrected chi connectivity index (χ2v) is 6.73. The molecule has 0 aliphatic rings. The molecule has 1 amide bonds. The van der Waals surface area contributed by atoms with Gasteiger partial charge in [-0.05, 0) is 48.9 Å². The molecule has 0 saturated heterocycles. The number of carbonyl (C=O) groups is 1. The first-order valence-electron chi connectivity index (χ1n) is 9.11. The summed E-state index contributed by atoms with van der Waals surface area (Å²) in [6.07, 6.45) is 0.229. The van der Waals surface area contributed by atoms with Crippen LogP contribution in [-0.2, 0) is 17.8 Å². The first-order valence-corrected chi connectivity index (χ1v) is 9.49. The van der Waals surface area contributed by atoms with Crippen molar-refractivity contribution in [3.05, 3.63) is 58.9 Å². The topological polar surface area (TPSA) is 77.7 Å². The highest BCUT2D eigenvalue weighted by Crippen LogP contribution is 2.28. The van der Waals surface area contributed by atoms with Gasteiger partial charge in [-0.3, -0.25) is 4.79 Å². The number of amides is 1. The van der Waals surface area contributed by atoms with Gasteiger partial charge in [0.1, 0.15) is 0 Å². The fraction of sp³-hybridized carbons (Fsp3) is 0.286. The van der Waals surface area contributed by atoms with Crippen molar-refractivity contribution in [1.29, 1.82) is 0 Å². The third kappa shape index (κ3) is 5.06. The minimum absolute atomic E-state index is 0.0500. The van der Waals surface area contributed by atoms with E-state index in [0.29, 0.717) is 34.8 Å². The molecule has 7 nitrogen and oxygen atoms in total. The predicted molar refractivity (Wildman–Crippen MR) is 109 cm³/mol. The lowest BCUT2D eigenvalue weighted by Gasteiger charge is -2.19. The number of carbonyl (C=O) groups excluding carboxylic acids is 1. The number of hydrogen-bond acceptors (Lipinski definition) is 6. The molecule has 3 rings (SSSR count). The van der Waals surface area contributed by atoms with Gasteiger partial charge in [0.2, 0.25) is 17.6 Å². The summed E-state index contributed by atoms with van der Waals surface area (Å²) in [6, 6.07) is 12.6. The molecule has 0 radical (unpaired) electrons. The van der Waals surface area contributed by atoms with E-state index in [-0.39, 0.29) is 18.9 Å². The molecule has 0 fully saturated rings. The van der Waals surface area contributed by atoms with Gasteiger partial charge in [0.05, 0.1) is 27.2 Å². The van der Waals surface area contributed by atoms with Crippen LogP contribution in [0.4, 0.5) is 0 Å². The van der Waals surface area contributed by atoms with Gasteiger partial charge in [-0.1, -0.05) is 22.8 Å². The third-order valence-electron chi connectivity index (χ3n) is 4.43. The smallest absolute Gasteiger partial charge is 0.246 e. The van der Waals surface area contributed by atoms with Gasteiger partial charge in [0.15, 0.2) is 11.5 Å². The van der Waals surface area contributed by atoms with E-state index in [1.807, 2.05) is 25.1 Å². The Balaban J connectivity index is 1.68. The zero-order chi connectivity index (χ0) is 20.8. The Morgan fingerprint density at radius 3 is 2.48 bits per heavy atom. The number of ether oxygens (including phenoxy) is 2. The van der Waals surface area contributed by atoms with Crippen LogP contribution in [0.2, 0.25) is 5.02 Å². The number of methoxy groups -OCH3 is 2. The Morgan fingerprint density at radius 1 is 1.10 bits per heavy atom. The highest BCUT2D eigenvalue weighted by molar-refractivity contribution is 6.30. The number of rotatable bonds is 8. The Hall–Kier alpha value is -3.06. The summed E-state index contributed by atoms with van der Waals surface area (Å²) in [7, 11) is 3.14. The van der Waals surface area contributed by atoms with Crippen LogP contribution in [0.5, 0.6) is 11.5 Å². The molecule has 0 unspecified atom stereocenters. The number of hydrogen-bond donors (Lipinski definition) is 0. The number of benzene rings is 2. The molecule has 8 heteroatoms. The van der Waals surface area contributed by atoms with Gasteiger partial charge in [-0.2, -0.15) is 4.98 Å². The van der Waals surface area contributed by atoms with E-state index in [2.05, 4.69) is 10.1 Å². The second-order valence-electron chi connectivity index (χ2n) is 6.29. The van der Waals surface area contributed by atoms with Crippen molar-refractivity contribution in [2.24, 2.45) is 0 Å². The molecule has 2 aromatic carbocycles. The van der Waals surface area contributed by atoms with Crippen molar-refractivity contribution in [3.63, 3.8) is 0 Å². The standard InChI is InChI=1S/C21H22ClN3O4/c1-4-25(20(26)12-14-5-10-17(27-2)18(11-14)28-3)13-19-23-21(24-29-19)15-6-8-16(22)9-7-15/h5-11H,4,12-13H2,1-3H3. The van der Waals surface area contributed by atoms with Crippen LogP contribution in [0.3, 0.4) is 0 Å². The largest absolute Gasteiger partial charge is 0.493 e. The molecule has 0 N–H and O–H groups in total. The maximum Gasteiger partial charge on any atom is 0.246 e. The van der Waals surface area contributed by atoms with Gasteiger partial charge < -0.3 is 18.9 Å². The predicted octanol–water partition coefficient (Wildman–Crippen LogP) is 4.00. The monoisotopic (exact) mass is 415 g/mol. The van der Waals surface area contributed by atoms with Crippen molar-refractivity contribution in [2.45, 2.75) is 19.9 Å². The summed E-state index contributed by atoms with van der Waals surface area (Å²) in [4.78, 5) is 18.8. The maximum absolute atomic E-state index is 12.8. The van der Waals surface area contributed by atoms with Crippen LogP contribution in [0.15, 0.2) is 47.0 Å². The maximum atomic E-state index is 12.8. The Labute approximate surface area is 174 Å². The van der Waals surface area contributed by atoms with Gasteiger partial charge >= 0.3 is 0 Å². The highest BCUT2D eigenvalue weighted by Gasteiger charge is 2.18. The minimum atomic E-state index is -0.0500. The fourth-order valence-electron chi connectivity index (χ4n) is 2.85. The summed E-state index contributed by atoms with van der Waals surface area (Å²) in [5, 5.41) is 4.63. The first-order chi connectivity index (χ1) is 14.0. The Bertz CT molecular complexity index is 972. The summed E-state index contributed by atoms with van der Waals surface area (Å²) in [5.41, 5.74) is 1.63. The lowest BCUT2D eigenvalue weighted by Crippen LogP contribution is -2.31. The lowest BCUT2D eigenvalue weighted by atomic mass is 10.1. The molecular weight excluding hydrogens is 394 g/mol. The normalized spacial score (nSPS) is 10.6. The van der Waals surface area contributed by atoms with E-state index in [0.717, 1.165) is 11.1 Å². The third-order valence-corrected chi connectivity index (χ3v) is 4.69. The zero-order valence-corrected chi connectivity index (χ0v) is 17.3. The molecule has 0 spiro atoms. The SMILES string of the molecule is CCN(Cc1nc(-c2ccc(Cl)cc2)no1)C(=O)Cc1ccc(OC)c(OC)c1. The molecule has 0 atom stereocenters. The number of aromatic nitrogens is 2. The summed E-state index contributed by atoms with van der Waals surface area (Å²) in [5.74, 6) is 1.99. The summed E-state index contributed by atoms with van der Waals surface area (Å²) >= 11 is 5.91. The Kier molecular flexibility index (Phi) is 6.72. The quantitative estimate of drug-likeness (QED) is 0.553. The second kappa shape index (κ2) is 9.43. The molecule has 29 heavy (non-hydrogen) atoms. The van der Waals surface area contributed by atoms with E-state index in [1.165, 1.54) is 0 Å². The minimum Gasteiger partial charge on any atom is -0.493 e. The van der Waals surface area contributed by atoms with E-state index < -0.39 is 0 Å². The molecule has 1 heterocycles. The Morgan fingerprint density at radius 2 is 1.83 bits per heavy atom. The van der Waals surface area contributed by atoms with E-state index >= 15 is 0 Å². The lowest BCUT2D eigenvalue weighted by molar-refractivity contribution is -0.131. The van der Waals surface area contributed by atoms with Crippen molar-refractivity contribution in [3.8, 4) is 22.9 Å². The van der Waals surface area contributed by atoms with Gasteiger partial charge in [-0.15, -0.1) is 0 Å². The number of likely N-dealkylation sites (N-methyl/N-ethyl adjacent to an activating group) is 1. The average molecular weight is 416 g/mol. The molecule has 3 aromatic rings. The first kappa shape index (κ1) is 20.7. The number of nitrogens with zero attached hydrogens (tertiary/aromatic N) is 3. The van der Waals surface area contributed by atoms with Gasteiger partial charge in [0, 0.05) is 17.1 Å². The zero-order valence-electron chi connectivity index (χ0n) is 16.5. The molecule has 0 aliphatic carbocycles. The summed E-state index contributed by atoms with van der Waals surface area (Å²) < 4.78 is 15.9. The van der Waals surface area contributed by atoms with Crippen LogP contribution >= 0.6 is 11.6 Å². The van der Waals surface area contributed by atoms with Crippen LogP contribution in [0, 0.1) is 0 Å². The molecule has 1 aromatic heterocycles. The van der Waals surface area contributed by atoms with Crippen LogP contribution in [0.25, 0.3) is 11.4 Å². The fourth-order valence-corrected chi connectivity index (χ4v) is 2.98. The molecular formula is C21H22ClN3O4. The van der Waals surface area contributed by atoms with E-state index in [9.17, 15) is 4.79 Å². The van der Waals surface area contributed by atoms with Gasteiger partial charge in [0.25, 0.3) is 0 Å². The summed E-state index contributed by atoms with van der Waals surface area (Å²) in [6.45, 7) is 2.66.